The molecule has 2 saturated carbocycles. The summed E-state index contributed by atoms with van der Waals surface area (Å²) in [7, 11) is 0. The van der Waals surface area contributed by atoms with E-state index < -0.39 is 21.3 Å². The summed E-state index contributed by atoms with van der Waals surface area (Å²) in [5.74, 6) is 3.28. The van der Waals surface area contributed by atoms with Crippen molar-refractivity contribution < 1.29 is 46.1 Å². The molecule has 4 aliphatic rings. The maximum Gasteiger partial charge on any atom is -1.00 e. The van der Waals surface area contributed by atoms with Crippen molar-refractivity contribution in [3.63, 3.8) is 0 Å². The molecule has 0 heterocycles. The van der Waals surface area contributed by atoms with Crippen molar-refractivity contribution in [1.29, 1.82) is 0 Å². The van der Waals surface area contributed by atoms with Crippen molar-refractivity contribution in [3.8, 4) is 11.1 Å². The van der Waals surface area contributed by atoms with Crippen molar-refractivity contribution in [2.24, 2.45) is 23.7 Å². The number of hydrogen-bond acceptors (Lipinski definition) is 0. The molecule has 0 N–H and O–H groups in total. The number of rotatable bonds is 6. The van der Waals surface area contributed by atoms with Gasteiger partial charge < -0.3 is 24.8 Å². The number of fused-ring (bicyclic) bond motifs is 3. The smallest absolute Gasteiger partial charge is 1.00 e. The molecule has 3 heteroatoms. The van der Waals surface area contributed by atoms with E-state index in [-0.39, 0.29) is 35.6 Å². The van der Waals surface area contributed by atoms with Crippen LogP contribution in [-0.2, 0) is 38.5 Å². The van der Waals surface area contributed by atoms with Gasteiger partial charge in [0.2, 0.25) is 0 Å². The number of hydrogen-bond donors (Lipinski definition) is 0. The molecule has 2 aromatic carbocycles. The van der Waals surface area contributed by atoms with Crippen LogP contribution in [0.2, 0.25) is 0 Å². The van der Waals surface area contributed by atoms with Gasteiger partial charge >= 0.3 is 280 Å². The Morgan fingerprint density at radius 1 is 0.717 bits per heavy atom. The molecule has 250 valence electrons. The number of benzene rings is 2. The van der Waals surface area contributed by atoms with Crippen LogP contribution in [0.5, 0.6) is 0 Å². The molecule has 0 saturated heterocycles. The standard InChI is InChI=1S/C21H25.C17H30.C5H5.2ClH.Zr/c1-20(2,3)16-7-9-18-14(12-16)11-15-13-17(21(4,5)6)8-10-19(15)18;1-14(16-9-5-3-6-10-16)13-15(2)17-11-7-4-8-12-17;1-2-4-5-3-1;;;/h7-10,12H,11H2,1-6H3;14-17H,3-12H2,1-2H3;1-3H,4H2;2*1H;/q;;;;;+2/p-2. The summed E-state index contributed by atoms with van der Waals surface area (Å²) in [4.78, 5) is 0. The van der Waals surface area contributed by atoms with Gasteiger partial charge in [-0.3, -0.25) is 0 Å². The Hall–Kier alpha value is -0.747. The van der Waals surface area contributed by atoms with Crippen molar-refractivity contribution in [2.75, 3.05) is 0 Å². The second-order valence-corrected chi connectivity index (χ2v) is 23.2. The van der Waals surface area contributed by atoms with Crippen LogP contribution in [0.1, 0.15) is 148 Å². The van der Waals surface area contributed by atoms with Crippen molar-refractivity contribution in [1.82, 2.24) is 0 Å². The Balaban J connectivity index is 0.00000240. The molecule has 0 spiro atoms. The summed E-state index contributed by atoms with van der Waals surface area (Å²) >= 11 is -2.53. The third-order valence-electron chi connectivity index (χ3n) is 12.1. The van der Waals surface area contributed by atoms with Gasteiger partial charge in [-0.1, -0.05) is 0 Å². The van der Waals surface area contributed by atoms with Gasteiger partial charge in [-0.2, -0.15) is 0 Å². The van der Waals surface area contributed by atoms with Gasteiger partial charge in [-0.05, 0) is 0 Å². The predicted octanol–water partition coefficient (Wildman–Crippen LogP) is 5.55. The normalized spacial score (nSPS) is 19.6. The van der Waals surface area contributed by atoms with Gasteiger partial charge in [0, 0.05) is 0 Å². The van der Waals surface area contributed by atoms with E-state index >= 15 is 0 Å². The molecular formula is C43H60Cl2Zr. The SMILES string of the molecule is CC([C](C(C)C1CCCCC1)=[Zr+2]([C]1=CC=CC1)[c]1c(C(C)(C)C)ccc2c1Cc1cc(C(C)(C)C)ccc1-2)C1CCCCC1.[Cl-].[Cl-]. The van der Waals surface area contributed by atoms with Gasteiger partial charge in [0.25, 0.3) is 0 Å². The van der Waals surface area contributed by atoms with E-state index in [1.165, 1.54) is 81.8 Å². The zero-order chi connectivity index (χ0) is 31.2. The topological polar surface area (TPSA) is 0 Å². The van der Waals surface area contributed by atoms with E-state index in [4.69, 9.17) is 0 Å². The van der Waals surface area contributed by atoms with Crippen molar-refractivity contribution in [3.05, 3.63) is 74.1 Å². The maximum atomic E-state index is 2.72. The summed E-state index contributed by atoms with van der Waals surface area (Å²) in [6.45, 7) is 20.0. The third-order valence-corrected chi connectivity index (χ3v) is 20.9. The van der Waals surface area contributed by atoms with Gasteiger partial charge in [0.05, 0.1) is 0 Å². The molecule has 6 rings (SSSR count). The number of halogens is 2. The maximum absolute atomic E-state index is 2.72. The van der Waals surface area contributed by atoms with E-state index in [0.717, 1.165) is 30.1 Å². The Kier molecular flexibility index (Phi) is 12.8. The molecule has 2 atom stereocenters. The largest absolute Gasteiger partial charge is 1.00 e. The molecule has 2 fully saturated rings. The van der Waals surface area contributed by atoms with Crippen LogP contribution in [-0.4, -0.2) is 3.21 Å². The molecule has 0 nitrogen and oxygen atoms in total. The summed E-state index contributed by atoms with van der Waals surface area (Å²) in [6.07, 6.45) is 24.3. The number of allylic oxidation sites excluding steroid dienone is 4. The molecule has 0 bridgehead atoms. The Bertz CT molecular complexity index is 1440. The molecule has 2 aromatic rings. The van der Waals surface area contributed by atoms with Gasteiger partial charge in [0.15, 0.2) is 0 Å². The fourth-order valence-corrected chi connectivity index (χ4v) is 19.7. The average Bonchev–Trinajstić information content (AvgIpc) is 3.67. The first-order valence-corrected chi connectivity index (χ1v) is 22.0. The fourth-order valence-electron chi connectivity index (χ4n) is 9.42. The zero-order valence-corrected chi connectivity index (χ0v) is 34.1. The molecule has 0 radical (unpaired) electrons. The van der Waals surface area contributed by atoms with E-state index in [9.17, 15) is 0 Å². The van der Waals surface area contributed by atoms with Crippen molar-refractivity contribution in [2.45, 2.75) is 143 Å². The quantitative estimate of drug-likeness (QED) is 0.312. The van der Waals surface area contributed by atoms with E-state index in [1.54, 1.807) is 22.3 Å². The minimum atomic E-state index is -2.53. The summed E-state index contributed by atoms with van der Waals surface area (Å²) in [5, 5.41) is 0. The second kappa shape index (κ2) is 15.4. The molecule has 2 unspecified atom stereocenters. The van der Waals surface area contributed by atoms with Crippen LogP contribution >= 0.6 is 0 Å². The second-order valence-electron chi connectivity index (χ2n) is 17.1. The summed E-state index contributed by atoms with van der Waals surface area (Å²) < 4.78 is 5.85. The zero-order valence-electron chi connectivity index (χ0n) is 30.2. The first kappa shape index (κ1) is 38.1. The van der Waals surface area contributed by atoms with E-state index in [2.05, 4.69) is 107 Å². The van der Waals surface area contributed by atoms with Crippen LogP contribution in [0.25, 0.3) is 11.1 Å². The first-order chi connectivity index (χ1) is 20.9. The van der Waals surface area contributed by atoms with E-state index in [0.29, 0.717) is 0 Å². The summed E-state index contributed by atoms with van der Waals surface area (Å²) in [6, 6.07) is 12.6. The Morgan fingerprint density at radius 3 is 1.78 bits per heavy atom. The predicted molar refractivity (Wildman–Crippen MR) is 190 cm³/mol. The van der Waals surface area contributed by atoms with Crippen LogP contribution in [0.3, 0.4) is 0 Å². The molecule has 46 heavy (non-hydrogen) atoms. The van der Waals surface area contributed by atoms with Crippen LogP contribution < -0.4 is 28.1 Å². The minimum absolute atomic E-state index is 0. The molecular weight excluding hydrogens is 679 g/mol. The minimum Gasteiger partial charge on any atom is -1.00 e. The fraction of sp³-hybridized carbons (Fsp3) is 0.605. The average molecular weight is 739 g/mol. The van der Waals surface area contributed by atoms with Crippen LogP contribution in [0, 0.1) is 23.7 Å². The molecule has 0 amide bonds. The van der Waals surface area contributed by atoms with Gasteiger partial charge in [-0.25, -0.2) is 0 Å². The Labute approximate surface area is 302 Å². The van der Waals surface area contributed by atoms with E-state index in [1.807, 2.05) is 6.55 Å². The first-order valence-electron chi connectivity index (χ1n) is 18.4. The molecule has 4 aliphatic carbocycles. The van der Waals surface area contributed by atoms with Gasteiger partial charge in [-0.15, -0.1) is 0 Å². The van der Waals surface area contributed by atoms with Gasteiger partial charge in [0.1, 0.15) is 0 Å². The van der Waals surface area contributed by atoms with Crippen LogP contribution in [0.4, 0.5) is 0 Å². The molecule has 0 aliphatic heterocycles. The van der Waals surface area contributed by atoms with Crippen LogP contribution in [0.15, 0.2) is 51.8 Å². The Morgan fingerprint density at radius 2 is 1.28 bits per heavy atom. The summed E-state index contributed by atoms with van der Waals surface area (Å²) in [5.41, 5.74) is 9.84. The molecule has 0 aromatic heterocycles. The monoisotopic (exact) mass is 736 g/mol. The third kappa shape index (κ3) is 7.68. The van der Waals surface area contributed by atoms with Crippen molar-refractivity contribution >= 4 is 6.48 Å².